The lowest BCUT2D eigenvalue weighted by Crippen LogP contribution is -2.50. The number of piperazine rings is 1. The molecule has 0 bridgehead atoms. The summed E-state index contributed by atoms with van der Waals surface area (Å²) in [7, 11) is 0. The van der Waals surface area contributed by atoms with E-state index in [1.165, 1.54) is 18.4 Å². The fourth-order valence-corrected chi connectivity index (χ4v) is 2.61. The third kappa shape index (κ3) is 4.57. The van der Waals surface area contributed by atoms with Gasteiger partial charge in [-0.3, -0.25) is 0 Å². The predicted molar refractivity (Wildman–Crippen MR) is 90.2 cm³/mol. The van der Waals surface area contributed by atoms with E-state index in [9.17, 15) is 18.4 Å². The molecule has 0 unspecified atom stereocenters. The Bertz CT molecular complexity index is 818. The summed E-state index contributed by atoms with van der Waals surface area (Å²) in [5.41, 5.74) is 1.05. The molecule has 0 amide bonds. The molecule has 0 spiro atoms. The maximum Gasteiger partial charge on any atom is 0.328 e. The van der Waals surface area contributed by atoms with Crippen LogP contribution in [0.5, 0.6) is 0 Å². The number of hydrogen-bond donors (Lipinski definition) is 3. The van der Waals surface area contributed by atoms with Crippen LogP contribution < -0.4 is 10.2 Å². The molecular formula is C17H18F2N2O5. The lowest BCUT2D eigenvalue weighted by atomic mass is 10.1. The minimum Gasteiger partial charge on any atom is -0.478 e. The number of carbonyl (C=O) groups is 2. The van der Waals surface area contributed by atoms with Crippen molar-refractivity contribution in [3.05, 3.63) is 42.2 Å². The van der Waals surface area contributed by atoms with Crippen LogP contribution in [0.4, 0.5) is 14.5 Å². The van der Waals surface area contributed by atoms with Crippen LogP contribution in [0.3, 0.4) is 0 Å². The van der Waals surface area contributed by atoms with Crippen LogP contribution in [0.25, 0.3) is 11.0 Å². The van der Waals surface area contributed by atoms with Crippen molar-refractivity contribution in [2.45, 2.75) is 13.0 Å². The molecule has 1 atom stereocenters. The summed E-state index contributed by atoms with van der Waals surface area (Å²) in [6.45, 7) is 4.44. The normalized spacial score (nSPS) is 17.2. The smallest absolute Gasteiger partial charge is 0.328 e. The van der Waals surface area contributed by atoms with Gasteiger partial charge in [-0.1, -0.05) is 0 Å². The number of rotatable bonds is 3. The van der Waals surface area contributed by atoms with Gasteiger partial charge in [0.25, 0.3) is 0 Å². The summed E-state index contributed by atoms with van der Waals surface area (Å²) in [4.78, 5) is 21.2. The summed E-state index contributed by atoms with van der Waals surface area (Å²) in [5.74, 6) is -4.19. The first kappa shape index (κ1) is 19.4. The van der Waals surface area contributed by atoms with Gasteiger partial charge in [0.05, 0.1) is 17.3 Å². The highest BCUT2D eigenvalue weighted by Gasteiger charge is 2.24. The molecule has 1 aliphatic rings. The molecular weight excluding hydrogens is 350 g/mol. The van der Waals surface area contributed by atoms with Crippen LogP contribution in [0, 0.1) is 11.6 Å². The molecule has 9 heteroatoms. The number of nitrogens with one attached hydrogen (secondary N) is 1. The van der Waals surface area contributed by atoms with Gasteiger partial charge in [-0.15, -0.1) is 0 Å². The van der Waals surface area contributed by atoms with Crippen LogP contribution >= 0.6 is 0 Å². The Kier molecular flexibility index (Phi) is 6.29. The van der Waals surface area contributed by atoms with Crippen molar-refractivity contribution in [3.63, 3.8) is 0 Å². The molecule has 2 aromatic rings. The van der Waals surface area contributed by atoms with Crippen LogP contribution in [0.1, 0.15) is 6.92 Å². The zero-order valence-electron chi connectivity index (χ0n) is 13.9. The highest BCUT2D eigenvalue weighted by atomic mass is 19.2. The van der Waals surface area contributed by atoms with E-state index in [0.717, 1.165) is 19.6 Å². The highest BCUT2D eigenvalue weighted by Crippen LogP contribution is 2.33. The van der Waals surface area contributed by atoms with Gasteiger partial charge >= 0.3 is 11.9 Å². The van der Waals surface area contributed by atoms with Gasteiger partial charge in [-0.25, -0.2) is 18.4 Å². The second-order valence-electron chi connectivity index (χ2n) is 5.61. The maximum atomic E-state index is 13.6. The highest BCUT2D eigenvalue weighted by molar-refractivity contribution is 5.90. The number of benzene rings is 1. The summed E-state index contributed by atoms with van der Waals surface area (Å²) in [6, 6.07) is 2.91. The maximum absolute atomic E-state index is 13.6. The molecule has 1 aromatic heterocycles. The van der Waals surface area contributed by atoms with Gasteiger partial charge in [-0.2, -0.15) is 0 Å². The van der Waals surface area contributed by atoms with Gasteiger partial charge in [-0.05, 0) is 13.0 Å². The molecule has 0 saturated carbocycles. The number of aliphatic carboxylic acids is 2. The molecule has 1 saturated heterocycles. The molecule has 1 fully saturated rings. The average Bonchev–Trinajstić information content (AvgIpc) is 3.08. The van der Waals surface area contributed by atoms with Crippen molar-refractivity contribution >= 4 is 28.6 Å². The van der Waals surface area contributed by atoms with E-state index in [1.807, 2.05) is 11.8 Å². The third-order valence-electron chi connectivity index (χ3n) is 3.79. The Hall–Kier alpha value is -2.94. The Morgan fingerprint density at radius 3 is 2.54 bits per heavy atom. The number of fused-ring (bicyclic) bond motifs is 1. The number of nitrogens with zero attached hydrogens (tertiary/aromatic N) is 1. The van der Waals surface area contributed by atoms with Crippen LogP contribution in [-0.4, -0.2) is 47.8 Å². The van der Waals surface area contributed by atoms with Gasteiger partial charge in [0.1, 0.15) is 0 Å². The van der Waals surface area contributed by atoms with Crippen molar-refractivity contribution < 1.29 is 33.0 Å². The Morgan fingerprint density at radius 2 is 1.96 bits per heavy atom. The molecule has 1 aromatic carbocycles. The zero-order chi connectivity index (χ0) is 19.3. The number of carboxylic acid groups (broad SMARTS) is 2. The minimum absolute atomic E-state index is 0.204. The SMILES string of the molecule is C[C@H]1CNCCN1c1cc(F)c(F)c2ccoc12.O=C(O)C=CC(=O)O. The third-order valence-corrected chi connectivity index (χ3v) is 3.79. The first-order valence-corrected chi connectivity index (χ1v) is 7.77. The van der Waals surface area contributed by atoms with Crippen molar-refractivity contribution in [3.8, 4) is 0 Å². The van der Waals surface area contributed by atoms with Gasteiger partial charge in [0.2, 0.25) is 0 Å². The summed E-state index contributed by atoms with van der Waals surface area (Å²) < 4.78 is 32.5. The molecule has 140 valence electrons. The zero-order valence-corrected chi connectivity index (χ0v) is 13.9. The Morgan fingerprint density at radius 1 is 1.31 bits per heavy atom. The topological polar surface area (TPSA) is 103 Å². The number of hydrogen-bond acceptors (Lipinski definition) is 5. The van der Waals surface area contributed by atoms with E-state index >= 15 is 0 Å². The number of furan rings is 1. The van der Waals surface area contributed by atoms with Crippen molar-refractivity contribution in [2.75, 3.05) is 24.5 Å². The van der Waals surface area contributed by atoms with E-state index in [4.69, 9.17) is 14.6 Å². The Labute approximate surface area is 147 Å². The lowest BCUT2D eigenvalue weighted by Gasteiger charge is -2.35. The summed E-state index contributed by atoms with van der Waals surface area (Å²) >= 11 is 0. The minimum atomic E-state index is -1.26. The van der Waals surface area contributed by atoms with E-state index in [2.05, 4.69) is 5.32 Å². The molecule has 0 aliphatic carbocycles. The lowest BCUT2D eigenvalue weighted by molar-refractivity contribution is -0.134. The second-order valence-corrected chi connectivity index (χ2v) is 5.61. The van der Waals surface area contributed by atoms with E-state index in [1.54, 1.807) is 0 Å². The monoisotopic (exact) mass is 368 g/mol. The predicted octanol–water partition coefficient (Wildman–Crippen LogP) is 2.22. The summed E-state index contributed by atoms with van der Waals surface area (Å²) in [5, 5.41) is 19.1. The quantitative estimate of drug-likeness (QED) is 0.714. The average molecular weight is 368 g/mol. The van der Waals surface area contributed by atoms with Crippen molar-refractivity contribution in [1.82, 2.24) is 5.32 Å². The molecule has 7 nitrogen and oxygen atoms in total. The first-order chi connectivity index (χ1) is 12.3. The van der Waals surface area contributed by atoms with Crippen molar-refractivity contribution in [1.29, 1.82) is 0 Å². The molecule has 3 N–H and O–H groups in total. The van der Waals surface area contributed by atoms with Crippen LogP contribution in [0.2, 0.25) is 0 Å². The fourth-order valence-electron chi connectivity index (χ4n) is 2.61. The first-order valence-electron chi connectivity index (χ1n) is 7.77. The fraction of sp³-hybridized carbons (Fsp3) is 0.294. The molecule has 26 heavy (non-hydrogen) atoms. The van der Waals surface area contributed by atoms with Crippen molar-refractivity contribution in [2.24, 2.45) is 0 Å². The van der Waals surface area contributed by atoms with Crippen LogP contribution in [-0.2, 0) is 9.59 Å². The Balaban J connectivity index is 0.000000260. The number of carboxylic acids is 2. The number of halogens is 2. The molecule has 1 aliphatic heterocycles. The number of anilines is 1. The van der Waals surface area contributed by atoms with Gasteiger partial charge < -0.3 is 24.8 Å². The summed E-state index contributed by atoms with van der Waals surface area (Å²) in [6.07, 6.45) is 2.51. The molecule has 0 radical (unpaired) electrons. The van der Waals surface area contributed by atoms with Gasteiger partial charge in [0, 0.05) is 43.9 Å². The van der Waals surface area contributed by atoms with E-state index < -0.39 is 23.6 Å². The van der Waals surface area contributed by atoms with E-state index in [-0.39, 0.29) is 11.4 Å². The van der Waals surface area contributed by atoms with Gasteiger partial charge in [0.15, 0.2) is 17.2 Å². The molecule has 2 heterocycles. The van der Waals surface area contributed by atoms with E-state index in [0.29, 0.717) is 23.4 Å². The largest absolute Gasteiger partial charge is 0.478 e. The standard InChI is InChI=1S/C13H14F2N2O.C4H4O4/c1-8-7-16-3-4-17(8)11-6-10(14)12(15)9-2-5-18-13(9)11;5-3(6)1-2-4(7)8/h2,5-6,8,16H,3-4,7H2,1H3;1-2H,(H,5,6)(H,7,8)/t8-;/m0./s1. The molecule has 3 rings (SSSR count). The second kappa shape index (κ2) is 8.43. The van der Waals surface area contributed by atoms with Crippen LogP contribution in [0.15, 0.2) is 35.0 Å².